The highest BCUT2D eigenvalue weighted by molar-refractivity contribution is 5.77. The Morgan fingerprint density at radius 2 is 1.55 bits per heavy atom. The Hall–Kier alpha value is -4.00. The topological polar surface area (TPSA) is 81.8 Å². The average molecular weight is 442 g/mol. The van der Waals surface area contributed by atoms with Gasteiger partial charge in [0.05, 0.1) is 12.2 Å². The van der Waals surface area contributed by atoms with Crippen LogP contribution in [0.4, 0.5) is 0 Å². The summed E-state index contributed by atoms with van der Waals surface area (Å²) in [6.07, 6.45) is 0.322. The molecule has 4 aromatic rings. The van der Waals surface area contributed by atoms with Gasteiger partial charge in [-0.05, 0) is 37.1 Å². The van der Waals surface area contributed by atoms with Crippen molar-refractivity contribution in [3.8, 4) is 5.82 Å². The van der Waals surface area contributed by atoms with E-state index in [1.807, 2.05) is 80.6 Å². The number of rotatable bonds is 8. The second kappa shape index (κ2) is 10.1. The second-order valence-electron chi connectivity index (χ2n) is 8.02. The van der Waals surface area contributed by atoms with Crippen molar-refractivity contribution < 1.29 is 4.79 Å². The molecule has 1 N–H and O–H groups in total. The van der Waals surface area contributed by atoms with Crippen molar-refractivity contribution in [2.45, 2.75) is 32.7 Å². The first-order valence-corrected chi connectivity index (χ1v) is 11.0. The smallest absolute Gasteiger partial charge is 0.266 e. The fourth-order valence-corrected chi connectivity index (χ4v) is 3.93. The minimum Gasteiger partial charge on any atom is -0.354 e. The first-order valence-electron chi connectivity index (χ1n) is 11.0. The predicted molar refractivity (Wildman–Crippen MR) is 127 cm³/mol. The first-order chi connectivity index (χ1) is 16.0. The molecular weight excluding hydrogens is 414 g/mol. The Morgan fingerprint density at radius 1 is 0.909 bits per heavy atom. The van der Waals surface area contributed by atoms with E-state index in [0.717, 1.165) is 22.5 Å². The van der Waals surface area contributed by atoms with Crippen LogP contribution in [0.2, 0.25) is 0 Å². The zero-order valence-electron chi connectivity index (χ0n) is 18.8. The van der Waals surface area contributed by atoms with Gasteiger partial charge >= 0.3 is 0 Å². The lowest BCUT2D eigenvalue weighted by Crippen LogP contribution is -2.33. The Morgan fingerprint density at radius 3 is 2.12 bits per heavy atom. The van der Waals surface area contributed by atoms with Gasteiger partial charge in [-0.25, -0.2) is 9.36 Å². The maximum atomic E-state index is 12.8. The van der Waals surface area contributed by atoms with Gasteiger partial charge in [0, 0.05) is 30.6 Å². The van der Waals surface area contributed by atoms with Crippen molar-refractivity contribution in [3.05, 3.63) is 112 Å². The molecule has 4 rings (SSSR count). The zero-order valence-corrected chi connectivity index (χ0v) is 18.8. The van der Waals surface area contributed by atoms with Crippen LogP contribution in [0.15, 0.2) is 83.7 Å². The number of carbonyl (C=O) groups is 1. The Labute approximate surface area is 192 Å². The van der Waals surface area contributed by atoms with Crippen LogP contribution in [-0.2, 0) is 11.3 Å². The molecule has 0 aliphatic rings. The molecule has 2 heterocycles. The van der Waals surface area contributed by atoms with E-state index in [1.54, 1.807) is 10.7 Å². The number of benzene rings is 2. The summed E-state index contributed by atoms with van der Waals surface area (Å²) in [6, 6.07) is 25.1. The van der Waals surface area contributed by atoms with E-state index >= 15 is 0 Å². The van der Waals surface area contributed by atoms with Crippen molar-refractivity contribution in [2.75, 3.05) is 6.54 Å². The summed E-state index contributed by atoms with van der Waals surface area (Å²) in [4.78, 5) is 25.1. The minimum atomic E-state index is -0.221. The van der Waals surface area contributed by atoms with Crippen LogP contribution in [0.5, 0.6) is 0 Å². The lowest BCUT2D eigenvalue weighted by atomic mass is 9.88. The zero-order chi connectivity index (χ0) is 23.2. The fraction of sp³-hybridized carbons (Fsp3) is 0.231. The number of aryl methyl sites for hydroxylation is 2. The third-order valence-corrected chi connectivity index (χ3v) is 5.52. The third-order valence-electron chi connectivity index (χ3n) is 5.52. The molecule has 33 heavy (non-hydrogen) atoms. The molecule has 0 aliphatic carbocycles. The molecule has 1 amide bonds. The van der Waals surface area contributed by atoms with Gasteiger partial charge in [-0.2, -0.15) is 5.10 Å². The summed E-state index contributed by atoms with van der Waals surface area (Å²) in [5, 5.41) is 11.8. The van der Waals surface area contributed by atoms with Crippen LogP contribution < -0.4 is 10.9 Å². The largest absolute Gasteiger partial charge is 0.354 e. The van der Waals surface area contributed by atoms with Crippen molar-refractivity contribution >= 4 is 5.91 Å². The first kappa shape index (κ1) is 22.2. The van der Waals surface area contributed by atoms with Gasteiger partial charge in [-0.15, -0.1) is 5.10 Å². The summed E-state index contributed by atoms with van der Waals surface area (Å²) in [7, 11) is 0. The van der Waals surface area contributed by atoms with E-state index in [2.05, 4.69) is 15.5 Å². The molecule has 2 aromatic heterocycles. The molecule has 0 atom stereocenters. The van der Waals surface area contributed by atoms with Gasteiger partial charge in [0.1, 0.15) is 0 Å². The summed E-state index contributed by atoms with van der Waals surface area (Å²) < 4.78 is 3.06. The molecule has 0 bridgehead atoms. The lowest BCUT2D eigenvalue weighted by Gasteiger charge is -2.18. The van der Waals surface area contributed by atoms with Crippen LogP contribution in [0.25, 0.3) is 5.82 Å². The summed E-state index contributed by atoms with van der Waals surface area (Å²) >= 11 is 0. The standard InChI is InChI=1S/C26H27N5O2/c1-19-17-20(2)31(28-19)24-13-14-26(33)30(29-24)16-15-27-25(32)18-23(21-9-5-3-6-10-21)22-11-7-4-8-12-22/h3-14,17,23H,15-16,18H2,1-2H3,(H,27,32). The monoisotopic (exact) mass is 441 g/mol. The molecule has 0 unspecified atom stereocenters. The highest BCUT2D eigenvalue weighted by Crippen LogP contribution is 2.27. The lowest BCUT2D eigenvalue weighted by molar-refractivity contribution is -0.121. The molecule has 0 fully saturated rings. The molecule has 2 aromatic carbocycles. The molecule has 168 valence electrons. The third kappa shape index (κ3) is 5.44. The maximum absolute atomic E-state index is 12.8. The summed E-state index contributed by atoms with van der Waals surface area (Å²) in [6.45, 7) is 4.43. The molecule has 7 nitrogen and oxygen atoms in total. The van der Waals surface area contributed by atoms with E-state index < -0.39 is 0 Å². The Kier molecular flexibility index (Phi) is 6.78. The molecule has 0 saturated carbocycles. The molecule has 0 aliphatic heterocycles. The van der Waals surface area contributed by atoms with Gasteiger partial charge in [0.25, 0.3) is 5.56 Å². The predicted octanol–water partition coefficient (Wildman–Crippen LogP) is 3.38. The number of nitrogens with zero attached hydrogens (tertiary/aromatic N) is 4. The van der Waals surface area contributed by atoms with Crippen LogP contribution in [0.1, 0.15) is 34.9 Å². The Balaban J connectivity index is 1.42. The Bertz CT molecular complexity index is 1240. The molecule has 0 saturated heterocycles. The molecule has 0 spiro atoms. The number of nitrogens with one attached hydrogen (secondary N) is 1. The van der Waals surface area contributed by atoms with E-state index in [9.17, 15) is 9.59 Å². The number of carbonyl (C=O) groups excluding carboxylic acids is 1. The minimum absolute atomic E-state index is 0.0393. The molecular formula is C26H27N5O2. The quantitative estimate of drug-likeness (QED) is 0.454. The fourth-order valence-electron chi connectivity index (χ4n) is 3.93. The van der Waals surface area contributed by atoms with E-state index in [-0.39, 0.29) is 23.9 Å². The number of hydrogen-bond acceptors (Lipinski definition) is 4. The van der Waals surface area contributed by atoms with Gasteiger partial charge in [0.2, 0.25) is 5.91 Å². The van der Waals surface area contributed by atoms with E-state index in [0.29, 0.717) is 18.8 Å². The van der Waals surface area contributed by atoms with Gasteiger partial charge in [0.15, 0.2) is 5.82 Å². The van der Waals surface area contributed by atoms with Crippen LogP contribution in [-0.4, -0.2) is 32.0 Å². The van der Waals surface area contributed by atoms with Crippen LogP contribution in [0.3, 0.4) is 0 Å². The second-order valence-corrected chi connectivity index (χ2v) is 8.02. The van der Waals surface area contributed by atoms with Crippen molar-refractivity contribution in [1.29, 1.82) is 0 Å². The summed E-state index contributed by atoms with van der Waals surface area (Å²) in [5.41, 5.74) is 3.78. The van der Waals surface area contributed by atoms with Crippen molar-refractivity contribution in [1.82, 2.24) is 24.9 Å². The molecule has 0 radical (unpaired) electrons. The summed E-state index contributed by atoms with van der Waals surface area (Å²) in [5.74, 6) is 0.456. The van der Waals surface area contributed by atoms with Gasteiger partial charge < -0.3 is 5.32 Å². The highest BCUT2D eigenvalue weighted by atomic mass is 16.1. The molecule has 7 heteroatoms. The number of amides is 1. The van der Waals surface area contributed by atoms with Crippen LogP contribution in [0, 0.1) is 13.8 Å². The van der Waals surface area contributed by atoms with Crippen molar-refractivity contribution in [2.24, 2.45) is 0 Å². The normalized spacial score (nSPS) is 11.0. The van der Waals surface area contributed by atoms with Crippen molar-refractivity contribution in [3.63, 3.8) is 0 Å². The maximum Gasteiger partial charge on any atom is 0.266 e. The number of hydrogen-bond donors (Lipinski definition) is 1. The SMILES string of the molecule is Cc1cc(C)n(-c2ccc(=O)n(CCNC(=O)CC(c3ccccc3)c3ccccc3)n2)n1. The van der Waals surface area contributed by atoms with Gasteiger partial charge in [-0.1, -0.05) is 60.7 Å². The number of aromatic nitrogens is 4. The van der Waals surface area contributed by atoms with Crippen LogP contribution >= 0.6 is 0 Å². The van der Waals surface area contributed by atoms with Gasteiger partial charge in [-0.3, -0.25) is 9.59 Å². The van der Waals surface area contributed by atoms with E-state index in [4.69, 9.17) is 0 Å². The highest BCUT2D eigenvalue weighted by Gasteiger charge is 2.18. The van der Waals surface area contributed by atoms with E-state index in [1.165, 1.54) is 10.7 Å². The average Bonchev–Trinajstić information content (AvgIpc) is 3.17.